The minimum atomic E-state index is -0.468. The normalized spacial score (nSPS) is 35.5. The topological polar surface area (TPSA) is 66.9 Å². The Morgan fingerprint density at radius 3 is 2.86 bits per heavy atom. The number of hydrogen-bond acceptors (Lipinski definition) is 5. The van der Waals surface area contributed by atoms with Crippen LogP contribution in [0.5, 0.6) is 0 Å². The highest BCUT2D eigenvalue weighted by molar-refractivity contribution is 8.01. The van der Waals surface area contributed by atoms with Crippen molar-refractivity contribution >= 4 is 29.5 Å². The number of thioether (sulfide) groups is 1. The molecule has 0 aromatic rings. The van der Waals surface area contributed by atoms with Crippen LogP contribution in [0.3, 0.4) is 0 Å². The van der Waals surface area contributed by atoms with Gasteiger partial charge in [-0.3, -0.25) is 9.59 Å². The summed E-state index contributed by atoms with van der Waals surface area (Å²) < 4.78 is 5.38. The van der Waals surface area contributed by atoms with Crippen molar-refractivity contribution in [1.82, 2.24) is 9.80 Å². The predicted molar refractivity (Wildman–Crippen MR) is 77.4 cm³/mol. The van der Waals surface area contributed by atoms with Crippen LogP contribution in [0.4, 0.5) is 0 Å². The van der Waals surface area contributed by atoms with Crippen LogP contribution in [0.1, 0.15) is 26.2 Å². The molecular formula is C14H20N2O4S. The highest BCUT2D eigenvalue weighted by atomic mass is 32.2. The molecule has 3 fully saturated rings. The summed E-state index contributed by atoms with van der Waals surface area (Å²) in [5.74, 6) is 0.476. The van der Waals surface area contributed by atoms with Gasteiger partial charge in [-0.05, 0) is 13.3 Å². The molecule has 0 N–H and O–H groups in total. The van der Waals surface area contributed by atoms with Crippen molar-refractivity contribution < 1.29 is 19.1 Å². The van der Waals surface area contributed by atoms with Gasteiger partial charge in [-0.1, -0.05) is 0 Å². The quantitative estimate of drug-likeness (QED) is 0.708. The zero-order valence-corrected chi connectivity index (χ0v) is 13.1. The molecule has 3 aliphatic heterocycles. The second-order valence-corrected chi connectivity index (χ2v) is 7.74. The smallest absolute Gasteiger partial charge is 0.329 e. The van der Waals surface area contributed by atoms with Gasteiger partial charge in [0.05, 0.1) is 11.5 Å². The molecular weight excluding hydrogens is 292 g/mol. The van der Waals surface area contributed by atoms with Crippen LogP contribution in [0.2, 0.25) is 0 Å². The number of carbonyl (C=O) groups is 3. The van der Waals surface area contributed by atoms with E-state index in [4.69, 9.17) is 4.74 Å². The van der Waals surface area contributed by atoms with Crippen molar-refractivity contribution in [3.63, 3.8) is 0 Å². The van der Waals surface area contributed by atoms with Gasteiger partial charge in [0.1, 0.15) is 6.04 Å². The van der Waals surface area contributed by atoms with E-state index in [1.807, 2.05) is 6.92 Å². The molecule has 7 heteroatoms. The lowest BCUT2D eigenvalue weighted by Gasteiger charge is -2.29. The van der Waals surface area contributed by atoms with Crippen LogP contribution < -0.4 is 0 Å². The number of rotatable bonds is 3. The Balaban J connectivity index is 1.57. The van der Waals surface area contributed by atoms with Crippen molar-refractivity contribution in [1.29, 1.82) is 0 Å². The Morgan fingerprint density at radius 1 is 1.43 bits per heavy atom. The fourth-order valence-electron chi connectivity index (χ4n) is 3.36. The highest BCUT2D eigenvalue weighted by Gasteiger charge is 2.53. The summed E-state index contributed by atoms with van der Waals surface area (Å²) in [6.07, 6.45) is 1.74. The third-order valence-corrected chi connectivity index (χ3v) is 6.10. The summed E-state index contributed by atoms with van der Waals surface area (Å²) in [6.45, 7) is 2.90. The maximum atomic E-state index is 12.3. The van der Waals surface area contributed by atoms with Crippen molar-refractivity contribution in [2.45, 2.75) is 37.1 Å². The number of carbonyl (C=O) groups excluding carboxylic acids is 3. The maximum absolute atomic E-state index is 12.3. The third kappa shape index (κ3) is 2.52. The van der Waals surface area contributed by atoms with E-state index in [2.05, 4.69) is 0 Å². The van der Waals surface area contributed by atoms with E-state index in [9.17, 15) is 14.4 Å². The van der Waals surface area contributed by atoms with Crippen LogP contribution >= 0.6 is 11.8 Å². The Kier molecular flexibility index (Phi) is 3.63. The molecule has 0 saturated carbocycles. The third-order valence-electron chi connectivity index (χ3n) is 4.60. The molecule has 3 heterocycles. The molecule has 0 bridgehead atoms. The number of ether oxygens (including phenoxy) is 1. The molecule has 2 amide bonds. The average Bonchev–Trinajstić information content (AvgIpc) is 3.03. The molecule has 3 unspecified atom stereocenters. The Bertz CT molecular complexity index is 497. The van der Waals surface area contributed by atoms with Gasteiger partial charge in [0.2, 0.25) is 11.8 Å². The van der Waals surface area contributed by atoms with Gasteiger partial charge in [0.25, 0.3) is 0 Å². The first-order chi connectivity index (χ1) is 9.90. The molecule has 116 valence electrons. The second-order valence-electron chi connectivity index (χ2n) is 6.24. The van der Waals surface area contributed by atoms with Crippen molar-refractivity contribution in [2.24, 2.45) is 5.92 Å². The van der Waals surface area contributed by atoms with Gasteiger partial charge >= 0.3 is 5.97 Å². The number of nitrogens with zero attached hydrogens (tertiary/aromatic N) is 2. The number of likely N-dealkylation sites (tertiary alicyclic amines) is 1. The van der Waals surface area contributed by atoms with Gasteiger partial charge in [0.15, 0.2) is 0 Å². The van der Waals surface area contributed by atoms with Crippen LogP contribution in [-0.4, -0.2) is 64.4 Å². The van der Waals surface area contributed by atoms with Crippen molar-refractivity contribution in [3.8, 4) is 0 Å². The number of fused-ring (bicyclic) bond motifs is 1. The minimum Gasteiger partial charge on any atom is -0.464 e. The predicted octanol–water partition coefficient (Wildman–Crippen LogP) is 0.462. The second kappa shape index (κ2) is 5.19. The van der Waals surface area contributed by atoms with Crippen LogP contribution in [0.25, 0.3) is 0 Å². The first kappa shape index (κ1) is 14.7. The molecule has 0 aromatic heterocycles. The van der Waals surface area contributed by atoms with Gasteiger partial charge in [-0.25, -0.2) is 4.79 Å². The fourth-order valence-corrected chi connectivity index (χ4v) is 4.78. The average molecular weight is 312 g/mol. The van der Waals surface area contributed by atoms with E-state index >= 15 is 0 Å². The van der Waals surface area contributed by atoms with Gasteiger partial charge in [-0.15, -0.1) is 11.8 Å². The van der Waals surface area contributed by atoms with Crippen LogP contribution in [0.15, 0.2) is 0 Å². The van der Waals surface area contributed by atoms with Gasteiger partial charge < -0.3 is 14.5 Å². The minimum absolute atomic E-state index is 0.0419. The number of amides is 2. The largest absolute Gasteiger partial charge is 0.464 e. The lowest BCUT2D eigenvalue weighted by atomic mass is 10.1. The van der Waals surface area contributed by atoms with Gasteiger partial charge in [0, 0.05) is 38.1 Å². The zero-order chi connectivity index (χ0) is 15.2. The van der Waals surface area contributed by atoms with Gasteiger partial charge in [-0.2, -0.15) is 0 Å². The summed E-state index contributed by atoms with van der Waals surface area (Å²) in [6, 6.07) is -0.468. The Hall–Kier alpha value is -1.24. The summed E-state index contributed by atoms with van der Waals surface area (Å²) >= 11 is 1.66. The zero-order valence-electron chi connectivity index (χ0n) is 12.3. The van der Waals surface area contributed by atoms with E-state index < -0.39 is 6.04 Å². The molecule has 21 heavy (non-hydrogen) atoms. The lowest BCUT2D eigenvalue weighted by molar-refractivity contribution is -0.154. The lowest BCUT2D eigenvalue weighted by Crippen LogP contribution is -2.46. The summed E-state index contributed by atoms with van der Waals surface area (Å²) in [5, 5.41) is 0. The van der Waals surface area contributed by atoms with Crippen LogP contribution in [0, 0.1) is 5.92 Å². The number of hydrogen-bond donors (Lipinski definition) is 0. The van der Waals surface area contributed by atoms with E-state index in [1.165, 1.54) is 0 Å². The monoisotopic (exact) mass is 312 g/mol. The molecule has 0 spiro atoms. The first-order valence-electron chi connectivity index (χ1n) is 7.27. The van der Waals surface area contributed by atoms with E-state index in [0.717, 1.165) is 6.42 Å². The summed E-state index contributed by atoms with van der Waals surface area (Å²) in [7, 11) is 1.76. The number of esters is 1. The summed E-state index contributed by atoms with van der Waals surface area (Å²) in [5.41, 5.74) is 0. The van der Waals surface area contributed by atoms with E-state index in [1.54, 1.807) is 28.6 Å². The van der Waals surface area contributed by atoms with Crippen LogP contribution in [-0.2, 0) is 19.1 Å². The highest BCUT2D eigenvalue weighted by Crippen LogP contribution is 2.47. The maximum Gasteiger partial charge on any atom is 0.329 e. The van der Waals surface area contributed by atoms with Crippen molar-refractivity contribution in [2.75, 3.05) is 26.0 Å². The first-order valence-corrected chi connectivity index (χ1v) is 8.26. The SMILES string of the molecule is CN1CC(COC(=O)C2CSC3(C)CCC(=O)N23)CC1=O. The van der Waals surface area contributed by atoms with Crippen molar-refractivity contribution in [3.05, 3.63) is 0 Å². The molecule has 3 rings (SSSR count). The molecule has 0 aliphatic carbocycles. The van der Waals surface area contributed by atoms with E-state index in [-0.39, 0.29) is 35.2 Å². The molecule has 6 nitrogen and oxygen atoms in total. The standard InChI is InChI=1S/C14H20N2O4S/c1-14-4-3-11(17)16(14)10(8-21-14)13(19)20-7-9-5-12(18)15(2)6-9/h9-10H,3-8H2,1-2H3. The molecule has 0 aromatic carbocycles. The molecule has 3 saturated heterocycles. The Morgan fingerprint density at radius 2 is 2.19 bits per heavy atom. The van der Waals surface area contributed by atoms with E-state index in [0.29, 0.717) is 25.1 Å². The Labute approximate surface area is 128 Å². The summed E-state index contributed by atoms with van der Waals surface area (Å²) in [4.78, 5) is 38.8. The molecule has 3 aliphatic rings. The molecule has 3 atom stereocenters. The molecule has 0 radical (unpaired) electrons. The fraction of sp³-hybridized carbons (Fsp3) is 0.786.